The highest BCUT2D eigenvalue weighted by Gasteiger charge is 2.12. The van der Waals surface area contributed by atoms with E-state index in [1.54, 1.807) is 24.3 Å². The van der Waals surface area contributed by atoms with Gasteiger partial charge in [-0.3, -0.25) is 10.1 Å². The monoisotopic (exact) mass is 445 g/mol. The molecule has 0 aliphatic carbocycles. The van der Waals surface area contributed by atoms with E-state index in [0.717, 1.165) is 11.3 Å². The van der Waals surface area contributed by atoms with E-state index in [0.29, 0.717) is 28.9 Å². The Hall–Kier alpha value is -3.58. The summed E-state index contributed by atoms with van der Waals surface area (Å²) in [7, 11) is 0. The van der Waals surface area contributed by atoms with Crippen LogP contribution in [0.25, 0.3) is 0 Å². The molecule has 0 saturated heterocycles. The first-order valence-corrected chi connectivity index (χ1v) is 11.2. The van der Waals surface area contributed by atoms with E-state index in [1.165, 1.54) is 4.90 Å². The van der Waals surface area contributed by atoms with Gasteiger partial charge >= 0.3 is 6.01 Å². The Morgan fingerprint density at radius 1 is 0.938 bits per heavy atom. The van der Waals surface area contributed by atoms with Gasteiger partial charge in [-0.15, -0.1) is 16.9 Å². The van der Waals surface area contributed by atoms with Crippen molar-refractivity contribution >= 4 is 23.7 Å². The van der Waals surface area contributed by atoms with Crippen LogP contribution in [-0.4, -0.2) is 21.4 Å². The molecule has 32 heavy (non-hydrogen) atoms. The molecule has 0 fully saturated rings. The minimum absolute atomic E-state index is 0.0709. The molecule has 0 saturated carbocycles. The fourth-order valence-electron chi connectivity index (χ4n) is 2.98. The summed E-state index contributed by atoms with van der Waals surface area (Å²) in [6, 6.07) is 24.6. The van der Waals surface area contributed by atoms with Crippen molar-refractivity contribution in [3.8, 4) is 11.5 Å². The number of carbonyl (C=O) groups excluding carboxylic acids is 1. The van der Waals surface area contributed by atoms with Gasteiger partial charge in [0.1, 0.15) is 11.5 Å². The van der Waals surface area contributed by atoms with E-state index < -0.39 is 0 Å². The summed E-state index contributed by atoms with van der Waals surface area (Å²) < 4.78 is 11.3. The van der Waals surface area contributed by atoms with Crippen molar-refractivity contribution < 1.29 is 13.9 Å². The van der Waals surface area contributed by atoms with E-state index in [9.17, 15) is 4.79 Å². The predicted molar refractivity (Wildman–Crippen MR) is 125 cm³/mol. The summed E-state index contributed by atoms with van der Waals surface area (Å²) in [5.74, 6) is 1.49. The number of para-hydroxylation sites is 1. The number of benzene rings is 3. The molecule has 1 amide bonds. The Labute approximate surface area is 191 Å². The van der Waals surface area contributed by atoms with Gasteiger partial charge in [-0.05, 0) is 54.1 Å². The topological polar surface area (TPSA) is 77.2 Å². The van der Waals surface area contributed by atoms with Gasteiger partial charge in [-0.2, -0.15) is 0 Å². The highest BCUT2D eigenvalue weighted by molar-refractivity contribution is 7.99. The van der Waals surface area contributed by atoms with Gasteiger partial charge in [0.15, 0.2) is 0 Å². The summed E-state index contributed by atoms with van der Waals surface area (Å²) >= 11 is 1.82. The molecule has 0 unspecified atom stereocenters. The average molecular weight is 446 g/mol. The molecule has 6 nitrogen and oxygen atoms in total. The van der Waals surface area contributed by atoms with Gasteiger partial charge < -0.3 is 9.15 Å². The van der Waals surface area contributed by atoms with Crippen LogP contribution in [0.15, 0.2) is 88.2 Å². The van der Waals surface area contributed by atoms with E-state index in [1.807, 2.05) is 54.2 Å². The average Bonchev–Trinajstić information content (AvgIpc) is 3.22. The highest BCUT2D eigenvalue weighted by Crippen LogP contribution is 2.24. The minimum atomic E-state index is -0.332. The molecule has 0 spiro atoms. The minimum Gasteiger partial charge on any atom is -0.457 e. The number of hydrogen-bond acceptors (Lipinski definition) is 6. The molecule has 1 heterocycles. The lowest BCUT2D eigenvalue weighted by molar-refractivity contribution is 0.102. The van der Waals surface area contributed by atoms with Crippen LogP contribution < -0.4 is 10.1 Å². The Kier molecular flexibility index (Phi) is 6.87. The van der Waals surface area contributed by atoms with Gasteiger partial charge in [0.2, 0.25) is 5.89 Å². The Balaban J connectivity index is 1.33. The number of thioether (sulfide) groups is 1. The van der Waals surface area contributed by atoms with Gasteiger partial charge in [-0.25, -0.2) is 0 Å². The molecule has 7 heteroatoms. The second-order valence-corrected chi connectivity index (χ2v) is 9.03. The summed E-state index contributed by atoms with van der Waals surface area (Å²) in [6.45, 7) is 4.33. The largest absolute Gasteiger partial charge is 0.457 e. The van der Waals surface area contributed by atoms with Crippen LogP contribution in [0.5, 0.6) is 11.5 Å². The van der Waals surface area contributed by atoms with Crippen LogP contribution in [0.3, 0.4) is 0 Å². The molecular weight excluding hydrogens is 422 g/mol. The third kappa shape index (κ3) is 5.98. The molecule has 4 rings (SSSR count). The molecule has 1 aromatic heterocycles. The molecule has 4 aromatic rings. The fourth-order valence-corrected chi connectivity index (χ4v) is 3.81. The molecular formula is C25H23N3O3S. The van der Waals surface area contributed by atoms with E-state index >= 15 is 0 Å². The van der Waals surface area contributed by atoms with Crippen molar-refractivity contribution in [3.05, 3.63) is 95.9 Å². The van der Waals surface area contributed by atoms with Crippen LogP contribution in [0.1, 0.15) is 35.7 Å². The van der Waals surface area contributed by atoms with Gasteiger partial charge in [0.05, 0.1) is 6.42 Å². The highest BCUT2D eigenvalue weighted by atomic mass is 32.2. The second kappa shape index (κ2) is 10.2. The molecule has 0 aliphatic rings. The quantitative estimate of drug-likeness (QED) is 0.325. The number of amides is 1. The summed E-state index contributed by atoms with van der Waals surface area (Å²) in [6.07, 6.45) is 0.501. The molecule has 0 radical (unpaired) electrons. The van der Waals surface area contributed by atoms with Gasteiger partial charge in [0.25, 0.3) is 5.91 Å². The zero-order chi connectivity index (χ0) is 22.3. The van der Waals surface area contributed by atoms with E-state index in [2.05, 4.69) is 41.5 Å². The van der Waals surface area contributed by atoms with Crippen LogP contribution in [0, 0.1) is 0 Å². The molecule has 0 atom stereocenters. The lowest BCUT2D eigenvalue weighted by Gasteiger charge is -2.06. The zero-order valence-electron chi connectivity index (χ0n) is 17.8. The third-order valence-electron chi connectivity index (χ3n) is 4.43. The SMILES string of the molecule is CC(C)Sc1ccc(Cc2nnc(NC(=O)c3ccc(Oc4ccccc4)cc3)o2)cc1. The first-order chi connectivity index (χ1) is 15.5. The summed E-state index contributed by atoms with van der Waals surface area (Å²) in [4.78, 5) is 13.7. The first kappa shape index (κ1) is 21.6. The maximum Gasteiger partial charge on any atom is 0.322 e. The number of hydrogen-bond donors (Lipinski definition) is 1. The fraction of sp³-hybridized carbons (Fsp3) is 0.160. The number of nitrogens with zero attached hydrogens (tertiary/aromatic N) is 2. The third-order valence-corrected chi connectivity index (χ3v) is 5.45. The number of anilines is 1. The standard InChI is InChI=1S/C25H23N3O3S/c1-17(2)32-22-14-8-18(9-15-22)16-23-27-28-25(31-23)26-24(29)19-10-12-21(13-11-19)30-20-6-4-3-5-7-20/h3-15,17H,16H2,1-2H3,(H,26,28,29). The zero-order valence-corrected chi connectivity index (χ0v) is 18.6. The van der Waals surface area contributed by atoms with Crippen LogP contribution >= 0.6 is 11.8 Å². The molecule has 0 bridgehead atoms. The Morgan fingerprint density at radius 2 is 1.62 bits per heavy atom. The van der Waals surface area contributed by atoms with Crippen molar-refractivity contribution in [2.45, 2.75) is 30.4 Å². The lowest BCUT2D eigenvalue weighted by atomic mass is 10.1. The smallest absolute Gasteiger partial charge is 0.322 e. The summed E-state index contributed by atoms with van der Waals surface area (Å²) in [5, 5.41) is 11.1. The van der Waals surface area contributed by atoms with Gasteiger partial charge in [-0.1, -0.05) is 49.3 Å². The lowest BCUT2D eigenvalue weighted by Crippen LogP contribution is -2.11. The first-order valence-electron chi connectivity index (χ1n) is 10.3. The van der Waals surface area contributed by atoms with Crippen molar-refractivity contribution in [1.29, 1.82) is 0 Å². The van der Waals surface area contributed by atoms with E-state index in [-0.39, 0.29) is 11.9 Å². The number of carbonyl (C=O) groups is 1. The van der Waals surface area contributed by atoms with Crippen molar-refractivity contribution in [1.82, 2.24) is 10.2 Å². The Bertz CT molecular complexity index is 1160. The molecule has 3 aromatic carbocycles. The van der Waals surface area contributed by atoms with E-state index in [4.69, 9.17) is 9.15 Å². The number of nitrogens with one attached hydrogen (secondary N) is 1. The second-order valence-electron chi connectivity index (χ2n) is 7.38. The van der Waals surface area contributed by atoms with Crippen molar-refractivity contribution in [3.63, 3.8) is 0 Å². The number of ether oxygens (including phenoxy) is 1. The van der Waals surface area contributed by atoms with Crippen LogP contribution in [0.2, 0.25) is 0 Å². The van der Waals surface area contributed by atoms with Crippen LogP contribution in [-0.2, 0) is 6.42 Å². The predicted octanol–water partition coefficient (Wildman–Crippen LogP) is 6.21. The molecule has 0 aliphatic heterocycles. The van der Waals surface area contributed by atoms with Crippen molar-refractivity contribution in [2.75, 3.05) is 5.32 Å². The van der Waals surface area contributed by atoms with Gasteiger partial charge in [0, 0.05) is 15.7 Å². The normalized spacial score (nSPS) is 10.8. The molecule has 1 N–H and O–H groups in total. The molecule has 162 valence electrons. The number of rotatable bonds is 8. The summed E-state index contributed by atoms with van der Waals surface area (Å²) in [5.41, 5.74) is 1.53. The van der Waals surface area contributed by atoms with Crippen molar-refractivity contribution in [2.24, 2.45) is 0 Å². The number of aromatic nitrogens is 2. The maximum absolute atomic E-state index is 12.5. The van der Waals surface area contributed by atoms with Crippen LogP contribution in [0.4, 0.5) is 6.01 Å². The maximum atomic E-state index is 12.5. The Morgan fingerprint density at radius 3 is 2.31 bits per heavy atom.